The summed E-state index contributed by atoms with van der Waals surface area (Å²) in [5, 5.41) is 2.89. The molecular weight excluding hydrogens is 276 g/mol. The van der Waals surface area contributed by atoms with E-state index in [1.165, 1.54) is 5.56 Å². The molecule has 0 aliphatic rings. The van der Waals surface area contributed by atoms with Gasteiger partial charge in [-0.1, -0.05) is 36.4 Å². The molecule has 1 N–H and O–H groups in total. The number of amides is 1. The molecule has 2 aromatic rings. The van der Waals surface area contributed by atoms with E-state index >= 15 is 0 Å². The molecule has 0 aliphatic heterocycles. The highest BCUT2D eigenvalue weighted by Gasteiger charge is 2.14. The Morgan fingerprint density at radius 1 is 1.18 bits per heavy atom. The molecule has 1 atom stereocenters. The highest BCUT2D eigenvalue weighted by Crippen LogP contribution is 2.19. The number of anilines is 1. The maximum atomic E-state index is 12.2. The van der Waals surface area contributed by atoms with Gasteiger partial charge in [0.1, 0.15) is 5.75 Å². The van der Waals surface area contributed by atoms with Crippen LogP contribution in [0.4, 0.5) is 5.69 Å². The van der Waals surface area contributed by atoms with Crippen LogP contribution in [0.1, 0.15) is 18.5 Å². The van der Waals surface area contributed by atoms with Crippen molar-refractivity contribution in [3.8, 4) is 5.75 Å². The molecule has 0 unspecified atom stereocenters. The molecule has 2 aromatic carbocycles. The molecule has 22 heavy (non-hydrogen) atoms. The third-order valence-corrected chi connectivity index (χ3v) is 3.69. The van der Waals surface area contributed by atoms with Gasteiger partial charge in [0, 0.05) is 17.8 Å². The van der Waals surface area contributed by atoms with Crippen molar-refractivity contribution in [2.24, 2.45) is 0 Å². The van der Waals surface area contributed by atoms with Crippen molar-refractivity contribution in [1.29, 1.82) is 0 Å². The second-order valence-corrected chi connectivity index (χ2v) is 5.28. The van der Waals surface area contributed by atoms with Crippen molar-refractivity contribution in [1.82, 2.24) is 4.90 Å². The van der Waals surface area contributed by atoms with Crippen molar-refractivity contribution in [3.05, 3.63) is 60.2 Å². The lowest BCUT2D eigenvalue weighted by Gasteiger charge is -2.24. The fraction of sp³-hybridized carbons (Fsp3) is 0.278. The normalized spacial score (nSPS) is 12.0. The second-order valence-electron chi connectivity index (χ2n) is 5.28. The van der Waals surface area contributed by atoms with Crippen molar-refractivity contribution in [3.63, 3.8) is 0 Å². The first-order valence-corrected chi connectivity index (χ1v) is 7.29. The van der Waals surface area contributed by atoms with Gasteiger partial charge in [-0.2, -0.15) is 0 Å². The van der Waals surface area contributed by atoms with Crippen LogP contribution in [-0.4, -0.2) is 31.5 Å². The summed E-state index contributed by atoms with van der Waals surface area (Å²) in [6.45, 7) is 2.42. The fourth-order valence-corrected chi connectivity index (χ4v) is 2.25. The minimum Gasteiger partial charge on any atom is -0.497 e. The van der Waals surface area contributed by atoms with Crippen LogP contribution < -0.4 is 10.1 Å². The van der Waals surface area contributed by atoms with Gasteiger partial charge in [-0.3, -0.25) is 9.69 Å². The monoisotopic (exact) mass is 298 g/mol. The van der Waals surface area contributed by atoms with E-state index in [0.717, 1.165) is 11.4 Å². The van der Waals surface area contributed by atoms with Crippen molar-refractivity contribution in [2.45, 2.75) is 13.0 Å². The summed E-state index contributed by atoms with van der Waals surface area (Å²) in [6.07, 6.45) is 0. The summed E-state index contributed by atoms with van der Waals surface area (Å²) in [5.74, 6) is 0.683. The van der Waals surface area contributed by atoms with Crippen LogP contribution in [0.3, 0.4) is 0 Å². The van der Waals surface area contributed by atoms with Crippen molar-refractivity contribution >= 4 is 11.6 Å². The quantitative estimate of drug-likeness (QED) is 0.889. The smallest absolute Gasteiger partial charge is 0.238 e. The second kappa shape index (κ2) is 7.61. The minimum absolute atomic E-state index is 0.0430. The molecular formula is C18H22N2O2. The number of hydrogen-bond donors (Lipinski definition) is 1. The number of likely N-dealkylation sites (N-methyl/N-ethyl adjacent to an activating group) is 1. The Balaban J connectivity index is 1.93. The summed E-state index contributed by atoms with van der Waals surface area (Å²) in [7, 11) is 3.55. The van der Waals surface area contributed by atoms with E-state index in [2.05, 4.69) is 24.4 Å². The third kappa shape index (κ3) is 4.33. The number of benzene rings is 2. The zero-order valence-electron chi connectivity index (χ0n) is 13.2. The Bertz CT molecular complexity index is 613. The Hall–Kier alpha value is -2.33. The molecule has 1 amide bonds. The number of carbonyl (C=O) groups is 1. The van der Waals surface area contributed by atoms with Gasteiger partial charge >= 0.3 is 0 Å². The fourth-order valence-electron chi connectivity index (χ4n) is 2.25. The van der Waals surface area contributed by atoms with Gasteiger partial charge in [-0.15, -0.1) is 0 Å². The molecule has 0 saturated carbocycles. The van der Waals surface area contributed by atoms with Gasteiger partial charge in [0.15, 0.2) is 0 Å². The van der Waals surface area contributed by atoms with E-state index in [9.17, 15) is 4.79 Å². The summed E-state index contributed by atoms with van der Waals surface area (Å²) in [5.41, 5.74) is 1.93. The van der Waals surface area contributed by atoms with E-state index in [1.807, 2.05) is 48.3 Å². The molecule has 0 aromatic heterocycles. The van der Waals surface area contributed by atoms with Crippen LogP contribution in [0.2, 0.25) is 0 Å². The Morgan fingerprint density at radius 2 is 1.91 bits per heavy atom. The summed E-state index contributed by atoms with van der Waals surface area (Å²) in [4.78, 5) is 14.2. The standard InChI is InChI=1S/C18H22N2O2/c1-14(15-8-5-4-6-9-15)20(2)13-18(21)19-16-10-7-11-17(12-16)22-3/h4-12,14H,13H2,1-3H3,(H,19,21)/t14-/m0/s1. The first-order valence-electron chi connectivity index (χ1n) is 7.29. The number of nitrogens with zero attached hydrogens (tertiary/aromatic N) is 1. The molecule has 0 fully saturated rings. The molecule has 0 saturated heterocycles. The topological polar surface area (TPSA) is 41.6 Å². The highest BCUT2D eigenvalue weighted by atomic mass is 16.5. The first-order chi connectivity index (χ1) is 10.6. The van der Waals surface area contributed by atoms with E-state index in [4.69, 9.17) is 4.74 Å². The molecule has 4 nitrogen and oxygen atoms in total. The largest absolute Gasteiger partial charge is 0.497 e. The van der Waals surface area contributed by atoms with E-state index in [-0.39, 0.29) is 11.9 Å². The average molecular weight is 298 g/mol. The van der Waals surface area contributed by atoms with E-state index < -0.39 is 0 Å². The summed E-state index contributed by atoms with van der Waals surface area (Å²) >= 11 is 0. The highest BCUT2D eigenvalue weighted by molar-refractivity contribution is 5.92. The first kappa shape index (κ1) is 16.0. The zero-order chi connectivity index (χ0) is 15.9. The van der Waals surface area contributed by atoms with Crippen molar-refractivity contribution < 1.29 is 9.53 Å². The average Bonchev–Trinajstić information content (AvgIpc) is 2.55. The maximum absolute atomic E-state index is 12.2. The van der Waals surface area contributed by atoms with Gasteiger partial charge < -0.3 is 10.1 Å². The zero-order valence-corrected chi connectivity index (χ0v) is 13.2. The SMILES string of the molecule is COc1cccc(NC(=O)CN(C)[C@@H](C)c2ccccc2)c1. The number of hydrogen-bond acceptors (Lipinski definition) is 3. The number of carbonyl (C=O) groups excluding carboxylic acids is 1. The molecule has 0 heterocycles. The third-order valence-electron chi connectivity index (χ3n) is 3.69. The summed E-state index contributed by atoms with van der Waals surface area (Å²) in [6, 6.07) is 17.7. The number of ether oxygens (including phenoxy) is 1. The van der Waals surface area contributed by atoms with Gasteiger partial charge in [0.05, 0.1) is 13.7 Å². The lowest BCUT2D eigenvalue weighted by Crippen LogP contribution is -2.32. The van der Waals surface area contributed by atoms with Gasteiger partial charge in [-0.05, 0) is 31.7 Å². The molecule has 0 spiro atoms. The molecule has 2 rings (SSSR count). The number of methoxy groups -OCH3 is 1. The van der Waals surface area contributed by atoms with Crippen molar-refractivity contribution in [2.75, 3.05) is 26.0 Å². The maximum Gasteiger partial charge on any atom is 0.238 e. The van der Waals surface area contributed by atoms with Crippen LogP contribution in [0.25, 0.3) is 0 Å². The predicted octanol–water partition coefficient (Wildman–Crippen LogP) is 3.33. The summed E-state index contributed by atoms with van der Waals surface area (Å²) < 4.78 is 5.15. The van der Waals surface area contributed by atoms with Gasteiger partial charge in [0.25, 0.3) is 0 Å². The van der Waals surface area contributed by atoms with E-state index in [1.54, 1.807) is 13.2 Å². The van der Waals surface area contributed by atoms with Crippen LogP contribution in [-0.2, 0) is 4.79 Å². The van der Waals surface area contributed by atoms with Crippen LogP contribution in [0.15, 0.2) is 54.6 Å². The van der Waals surface area contributed by atoms with E-state index in [0.29, 0.717) is 6.54 Å². The van der Waals surface area contributed by atoms with Gasteiger partial charge in [0.2, 0.25) is 5.91 Å². The molecule has 0 bridgehead atoms. The molecule has 0 aliphatic carbocycles. The lowest BCUT2D eigenvalue weighted by atomic mass is 10.1. The number of nitrogens with one attached hydrogen (secondary N) is 1. The number of rotatable bonds is 6. The molecule has 4 heteroatoms. The van der Waals surface area contributed by atoms with Crippen LogP contribution in [0, 0.1) is 0 Å². The lowest BCUT2D eigenvalue weighted by molar-refractivity contribution is -0.117. The predicted molar refractivity (Wildman–Crippen MR) is 89.1 cm³/mol. The minimum atomic E-state index is -0.0430. The Kier molecular flexibility index (Phi) is 5.55. The van der Waals surface area contributed by atoms with Crippen LogP contribution >= 0.6 is 0 Å². The van der Waals surface area contributed by atoms with Crippen LogP contribution in [0.5, 0.6) is 5.75 Å². The Morgan fingerprint density at radius 3 is 2.59 bits per heavy atom. The molecule has 116 valence electrons. The Labute approximate surface area is 131 Å². The molecule has 0 radical (unpaired) electrons. The van der Waals surface area contributed by atoms with Gasteiger partial charge in [-0.25, -0.2) is 0 Å².